The molecule has 3 rings (SSSR count). The quantitative estimate of drug-likeness (QED) is 0.820. The van der Waals surface area contributed by atoms with Crippen LogP contribution in [0.15, 0.2) is 41.0 Å². The summed E-state index contributed by atoms with van der Waals surface area (Å²) in [6, 6.07) is 10.2. The van der Waals surface area contributed by atoms with Crippen molar-refractivity contribution in [2.45, 2.75) is 39.3 Å². The molecule has 1 aromatic carbocycles. The van der Waals surface area contributed by atoms with Crippen LogP contribution in [0.2, 0.25) is 0 Å². The van der Waals surface area contributed by atoms with E-state index in [0.717, 1.165) is 37.4 Å². The van der Waals surface area contributed by atoms with E-state index in [4.69, 9.17) is 21.4 Å². The van der Waals surface area contributed by atoms with Gasteiger partial charge in [-0.25, -0.2) is 0 Å². The number of furan rings is 1. The van der Waals surface area contributed by atoms with Crippen LogP contribution in [0.1, 0.15) is 29.7 Å². The zero-order chi connectivity index (χ0) is 16.9. The van der Waals surface area contributed by atoms with Crippen LogP contribution >= 0.6 is 12.2 Å². The number of hydrogen-bond acceptors (Lipinski definition) is 3. The van der Waals surface area contributed by atoms with Crippen LogP contribution in [-0.2, 0) is 11.3 Å². The molecule has 1 N–H and O–H groups in total. The first kappa shape index (κ1) is 17.0. The summed E-state index contributed by atoms with van der Waals surface area (Å²) < 4.78 is 11.3. The van der Waals surface area contributed by atoms with E-state index in [1.54, 1.807) is 6.26 Å². The lowest BCUT2D eigenvalue weighted by Crippen LogP contribution is -2.39. The molecule has 128 valence electrons. The van der Waals surface area contributed by atoms with Crippen LogP contribution < -0.4 is 5.32 Å². The van der Waals surface area contributed by atoms with E-state index < -0.39 is 0 Å². The molecule has 2 heterocycles. The average Bonchev–Trinajstić information content (AvgIpc) is 3.24. The largest absolute Gasteiger partial charge is 0.467 e. The summed E-state index contributed by atoms with van der Waals surface area (Å²) >= 11 is 5.66. The Morgan fingerprint density at radius 2 is 2.17 bits per heavy atom. The first-order valence-electron chi connectivity index (χ1n) is 8.39. The molecule has 0 bridgehead atoms. The minimum atomic E-state index is 0.236. The molecule has 2 aromatic rings. The summed E-state index contributed by atoms with van der Waals surface area (Å²) in [6.45, 7) is 6.48. The van der Waals surface area contributed by atoms with Crippen molar-refractivity contribution in [2.75, 3.05) is 18.5 Å². The molecule has 1 unspecified atom stereocenters. The minimum absolute atomic E-state index is 0.236. The van der Waals surface area contributed by atoms with Crippen LogP contribution in [0.3, 0.4) is 0 Å². The van der Waals surface area contributed by atoms with Crippen LogP contribution in [0.4, 0.5) is 5.69 Å². The molecule has 1 fully saturated rings. The fraction of sp³-hybridized carbons (Fsp3) is 0.421. The first-order chi connectivity index (χ1) is 11.6. The van der Waals surface area contributed by atoms with E-state index in [0.29, 0.717) is 11.7 Å². The number of hydrogen-bond donors (Lipinski definition) is 1. The van der Waals surface area contributed by atoms with Gasteiger partial charge in [-0.05, 0) is 74.3 Å². The van der Waals surface area contributed by atoms with Crippen molar-refractivity contribution < 1.29 is 9.15 Å². The van der Waals surface area contributed by atoms with E-state index in [1.165, 1.54) is 11.1 Å². The number of aryl methyl sites for hydroxylation is 2. The van der Waals surface area contributed by atoms with Crippen LogP contribution in [-0.4, -0.2) is 29.3 Å². The van der Waals surface area contributed by atoms with Crippen molar-refractivity contribution in [3.63, 3.8) is 0 Å². The highest BCUT2D eigenvalue weighted by Gasteiger charge is 2.22. The number of nitrogens with zero attached hydrogens (tertiary/aromatic N) is 1. The van der Waals surface area contributed by atoms with Gasteiger partial charge in [-0.15, -0.1) is 0 Å². The minimum Gasteiger partial charge on any atom is -0.467 e. The second-order valence-electron chi connectivity index (χ2n) is 6.32. The zero-order valence-corrected chi connectivity index (χ0v) is 15.1. The van der Waals surface area contributed by atoms with Gasteiger partial charge in [0.2, 0.25) is 0 Å². The van der Waals surface area contributed by atoms with E-state index in [-0.39, 0.29) is 6.10 Å². The number of benzene rings is 1. The second-order valence-corrected chi connectivity index (χ2v) is 6.71. The molecule has 0 saturated carbocycles. The Hall–Kier alpha value is -1.85. The third kappa shape index (κ3) is 4.36. The highest BCUT2D eigenvalue weighted by atomic mass is 32.1. The van der Waals surface area contributed by atoms with Crippen molar-refractivity contribution >= 4 is 23.0 Å². The molecular formula is C19H24N2O2S. The summed E-state index contributed by atoms with van der Waals surface area (Å²) in [4.78, 5) is 2.12. The van der Waals surface area contributed by atoms with Gasteiger partial charge in [0, 0.05) is 18.8 Å². The molecule has 1 saturated heterocycles. The number of ether oxygens (including phenoxy) is 1. The standard InChI is InChI=1S/C19H24N2O2S/c1-14-7-8-16(11-15(14)2)20-19(24)21(12-17-5-3-9-22-17)13-18-6-4-10-23-18/h3,5,7-9,11,18H,4,6,10,12-13H2,1-2H3,(H,20,24). The normalized spacial score (nSPS) is 17.0. The van der Waals surface area contributed by atoms with Crippen molar-refractivity contribution in [1.82, 2.24) is 4.90 Å². The summed E-state index contributed by atoms with van der Waals surface area (Å²) in [5.74, 6) is 0.900. The number of rotatable bonds is 5. The molecule has 1 aliphatic rings. The summed E-state index contributed by atoms with van der Waals surface area (Å²) in [5.41, 5.74) is 3.54. The van der Waals surface area contributed by atoms with Gasteiger partial charge >= 0.3 is 0 Å². The molecule has 1 aliphatic heterocycles. The fourth-order valence-electron chi connectivity index (χ4n) is 2.87. The van der Waals surface area contributed by atoms with Crippen molar-refractivity contribution in [1.29, 1.82) is 0 Å². The Labute approximate surface area is 148 Å². The van der Waals surface area contributed by atoms with Crippen LogP contribution in [0, 0.1) is 13.8 Å². The van der Waals surface area contributed by atoms with Crippen molar-refractivity contribution in [3.8, 4) is 0 Å². The van der Waals surface area contributed by atoms with E-state index in [2.05, 4.69) is 42.3 Å². The molecule has 1 aromatic heterocycles. The van der Waals surface area contributed by atoms with Gasteiger partial charge in [0.05, 0.1) is 18.9 Å². The molecular weight excluding hydrogens is 320 g/mol. The molecule has 24 heavy (non-hydrogen) atoms. The monoisotopic (exact) mass is 344 g/mol. The van der Waals surface area contributed by atoms with Crippen molar-refractivity contribution in [2.24, 2.45) is 0 Å². The predicted molar refractivity (Wildman–Crippen MR) is 100 cm³/mol. The maximum absolute atomic E-state index is 5.78. The van der Waals surface area contributed by atoms with E-state index in [9.17, 15) is 0 Å². The van der Waals surface area contributed by atoms with Gasteiger partial charge < -0.3 is 19.4 Å². The Balaban J connectivity index is 1.70. The van der Waals surface area contributed by atoms with Gasteiger partial charge in [-0.3, -0.25) is 0 Å². The molecule has 4 nitrogen and oxygen atoms in total. The summed E-state index contributed by atoms with van der Waals surface area (Å²) in [7, 11) is 0. The molecule has 1 atom stereocenters. The fourth-order valence-corrected chi connectivity index (χ4v) is 3.12. The maximum Gasteiger partial charge on any atom is 0.173 e. The molecule has 5 heteroatoms. The number of thiocarbonyl (C=S) groups is 1. The molecule has 0 spiro atoms. The van der Waals surface area contributed by atoms with Gasteiger partial charge in [-0.1, -0.05) is 6.07 Å². The lowest BCUT2D eigenvalue weighted by molar-refractivity contribution is 0.0892. The highest BCUT2D eigenvalue weighted by Crippen LogP contribution is 2.18. The third-order valence-electron chi connectivity index (χ3n) is 4.42. The first-order valence-corrected chi connectivity index (χ1v) is 8.80. The maximum atomic E-state index is 5.78. The lowest BCUT2D eigenvalue weighted by Gasteiger charge is -2.27. The van der Waals surface area contributed by atoms with Gasteiger partial charge in [0.15, 0.2) is 5.11 Å². The Morgan fingerprint density at radius 1 is 1.29 bits per heavy atom. The zero-order valence-electron chi connectivity index (χ0n) is 14.2. The Kier molecular flexibility index (Phi) is 5.53. The Bertz CT molecular complexity index is 679. The van der Waals surface area contributed by atoms with Crippen LogP contribution in [0.25, 0.3) is 0 Å². The predicted octanol–water partition coefficient (Wildman–Crippen LogP) is 4.27. The van der Waals surface area contributed by atoms with E-state index >= 15 is 0 Å². The Morgan fingerprint density at radius 3 is 2.83 bits per heavy atom. The SMILES string of the molecule is Cc1ccc(NC(=S)N(Cc2ccco2)CC2CCCO2)cc1C. The second kappa shape index (κ2) is 7.81. The third-order valence-corrected chi connectivity index (χ3v) is 4.78. The summed E-state index contributed by atoms with van der Waals surface area (Å²) in [5, 5.41) is 4.06. The molecule has 0 radical (unpaired) electrons. The van der Waals surface area contributed by atoms with Crippen molar-refractivity contribution in [3.05, 3.63) is 53.5 Å². The molecule has 0 amide bonds. The molecule has 0 aliphatic carbocycles. The van der Waals surface area contributed by atoms with Gasteiger partial charge in [0.1, 0.15) is 5.76 Å². The van der Waals surface area contributed by atoms with Gasteiger partial charge in [-0.2, -0.15) is 0 Å². The summed E-state index contributed by atoms with van der Waals surface area (Å²) in [6.07, 6.45) is 4.14. The van der Waals surface area contributed by atoms with E-state index in [1.807, 2.05) is 12.1 Å². The number of anilines is 1. The smallest absolute Gasteiger partial charge is 0.173 e. The average molecular weight is 344 g/mol. The van der Waals surface area contributed by atoms with Crippen LogP contribution in [0.5, 0.6) is 0 Å². The lowest BCUT2D eigenvalue weighted by atomic mass is 10.1. The van der Waals surface area contributed by atoms with Gasteiger partial charge in [0.25, 0.3) is 0 Å². The highest BCUT2D eigenvalue weighted by molar-refractivity contribution is 7.80. The topological polar surface area (TPSA) is 37.6 Å². The number of nitrogens with one attached hydrogen (secondary N) is 1.